The van der Waals surface area contributed by atoms with Crippen LogP contribution in [0.4, 0.5) is 0 Å². The van der Waals surface area contributed by atoms with Crippen LogP contribution in [0.25, 0.3) is 5.69 Å². The number of carbonyl (C=O) groups excluding carboxylic acids is 1. The highest BCUT2D eigenvalue weighted by atomic mass is 35.5. The highest BCUT2D eigenvalue weighted by Gasteiger charge is 2.13. The minimum Gasteiger partial charge on any atom is -0.493 e. The van der Waals surface area contributed by atoms with Gasteiger partial charge in [0.05, 0.1) is 18.3 Å². The van der Waals surface area contributed by atoms with Crippen molar-refractivity contribution in [3.05, 3.63) is 107 Å². The van der Waals surface area contributed by atoms with Crippen LogP contribution in [0.2, 0.25) is 5.02 Å². The fourth-order valence-electron chi connectivity index (χ4n) is 3.82. The summed E-state index contributed by atoms with van der Waals surface area (Å²) in [5, 5.41) is 4.33. The first-order valence-electron chi connectivity index (χ1n) is 11.8. The van der Waals surface area contributed by atoms with Crippen molar-refractivity contribution in [3.8, 4) is 22.9 Å². The van der Waals surface area contributed by atoms with Crippen molar-refractivity contribution >= 4 is 23.7 Å². The van der Waals surface area contributed by atoms with Gasteiger partial charge in [0.25, 0.3) is 0 Å². The molecule has 9 heteroatoms. The molecule has 0 aliphatic rings. The molecule has 4 rings (SSSR count). The highest BCUT2D eigenvalue weighted by Crippen LogP contribution is 2.36. The molecule has 0 atom stereocenters. The van der Waals surface area contributed by atoms with Gasteiger partial charge in [-0.3, -0.25) is 4.79 Å². The Balaban J connectivity index is 1.32. The first-order valence-corrected chi connectivity index (χ1v) is 12.2. The molecule has 1 amide bonds. The van der Waals surface area contributed by atoms with Crippen LogP contribution in [0, 0.1) is 13.8 Å². The van der Waals surface area contributed by atoms with Gasteiger partial charge in [-0.15, -0.1) is 0 Å². The Hall–Kier alpha value is -4.43. The Kier molecular flexibility index (Phi) is 8.55. The van der Waals surface area contributed by atoms with E-state index in [1.54, 1.807) is 30.3 Å². The summed E-state index contributed by atoms with van der Waals surface area (Å²) in [4.78, 5) is 12.4. The standard InChI is InChI=1S/C29H28ClN3O5/c1-5-14-36-28-25(30)15-21(16-27(28)35-4)17-31-32-29(34)26-13-12-24(38-26)18-37-23-10-8-22(9-11-23)33-19(2)6-7-20(33)3/h5-13,15-17H,1,14,18H2,2-4H3,(H,32,34)/b31-17+. The lowest BCUT2D eigenvalue weighted by Gasteiger charge is -2.11. The molecule has 38 heavy (non-hydrogen) atoms. The number of hydrogen-bond donors (Lipinski definition) is 1. The number of ether oxygens (including phenoxy) is 3. The van der Waals surface area contributed by atoms with Crippen molar-refractivity contribution in [2.45, 2.75) is 20.5 Å². The number of hydrazone groups is 1. The second-order valence-electron chi connectivity index (χ2n) is 8.33. The molecule has 0 radical (unpaired) electrons. The SMILES string of the molecule is C=CCOc1c(Cl)cc(/C=N/NC(=O)c2ccc(COc3ccc(-n4c(C)ccc4C)cc3)o2)cc1OC. The van der Waals surface area contributed by atoms with Crippen molar-refractivity contribution in [2.75, 3.05) is 13.7 Å². The predicted octanol–water partition coefficient (Wildman–Crippen LogP) is 6.26. The molecule has 0 bridgehead atoms. The summed E-state index contributed by atoms with van der Waals surface area (Å²) in [6, 6.07) is 18.6. The quantitative estimate of drug-likeness (QED) is 0.140. The van der Waals surface area contributed by atoms with Crippen molar-refractivity contribution in [1.82, 2.24) is 9.99 Å². The number of hydrogen-bond acceptors (Lipinski definition) is 6. The van der Waals surface area contributed by atoms with Gasteiger partial charge in [-0.25, -0.2) is 5.43 Å². The van der Waals surface area contributed by atoms with Gasteiger partial charge in [-0.1, -0.05) is 24.3 Å². The molecule has 0 unspecified atom stereocenters. The molecule has 2 heterocycles. The fraction of sp³-hybridized carbons (Fsp3) is 0.172. The average Bonchev–Trinajstić information content (AvgIpc) is 3.53. The van der Waals surface area contributed by atoms with E-state index in [1.807, 2.05) is 24.3 Å². The minimum atomic E-state index is -0.502. The van der Waals surface area contributed by atoms with Crippen molar-refractivity contribution in [3.63, 3.8) is 0 Å². The van der Waals surface area contributed by atoms with Gasteiger partial charge in [0, 0.05) is 17.1 Å². The molecule has 1 N–H and O–H groups in total. The Labute approximate surface area is 226 Å². The van der Waals surface area contributed by atoms with E-state index in [9.17, 15) is 4.79 Å². The number of nitrogens with one attached hydrogen (secondary N) is 1. The molecule has 8 nitrogen and oxygen atoms in total. The third-order valence-corrected chi connectivity index (χ3v) is 5.89. The second kappa shape index (κ2) is 12.2. The van der Waals surface area contributed by atoms with Crippen LogP contribution < -0.4 is 19.6 Å². The average molecular weight is 534 g/mol. The zero-order valence-corrected chi connectivity index (χ0v) is 22.1. The van der Waals surface area contributed by atoms with E-state index < -0.39 is 5.91 Å². The van der Waals surface area contributed by atoms with E-state index >= 15 is 0 Å². The maximum atomic E-state index is 12.4. The molecule has 4 aromatic rings. The monoisotopic (exact) mass is 533 g/mol. The maximum Gasteiger partial charge on any atom is 0.307 e. The normalized spacial score (nSPS) is 10.9. The first kappa shape index (κ1) is 26.6. The van der Waals surface area contributed by atoms with Gasteiger partial charge in [-0.2, -0.15) is 5.10 Å². The van der Waals surface area contributed by atoms with Crippen LogP contribution >= 0.6 is 11.6 Å². The second-order valence-corrected chi connectivity index (χ2v) is 8.74. The molecule has 0 aliphatic carbocycles. The summed E-state index contributed by atoms with van der Waals surface area (Å²) in [5.41, 5.74) is 6.44. The Bertz CT molecular complexity index is 1430. The number of benzene rings is 2. The highest BCUT2D eigenvalue weighted by molar-refractivity contribution is 6.32. The summed E-state index contributed by atoms with van der Waals surface area (Å²) < 4.78 is 24.5. The van der Waals surface area contributed by atoms with E-state index in [2.05, 4.69) is 47.7 Å². The van der Waals surface area contributed by atoms with E-state index in [0.717, 1.165) is 17.1 Å². The zero-order valence-electron chi connectivity index (χ0n) is 21.4. The number of halogens is 1. The zero-order chi connectivity index (χ0) is 27.1. The van der Waals surface area contributed by atoms with Gasteiger partial charge in [0.2, 0.25) is 0 Å². The van der Waals surface area contributed by atoms with Crippen molar-refractivity contribution < 1.29 is 23.4 Å². The number of aryl methyl sites for hydroxylation is 2. The summed E-state index contributed by atoms with van der Waals surface area (Å²) in [6.45, 7) is 8.22. The molecule has 196 valence electrons. The summed E-state index contributed by atoms with van der Waals surface area (Å²) in [5.74, 6) is 1.65. The molecule has 2 aromatic carbocycles. The van der Waals surface area contributed by atoms with Crippen LogP contribution in [0.15, 0.2) is 82.8 Å². The lowest BCUT2D eigenvalue weighted by atomic mass is 10.2. The molecule has 0 saturated carbocycles. The molecule has 0 fully saturated rings. The summed E-state index contributed by atoms with van der Waals surface area (Å²) in [6.07, 6.45) is 3.05. The van der Waals surface area contributed by atoms with Crippen LogP contribution in [0.3, 0.4) is 0 Å². The van der Waals surface area contributed by atoms with Gasteiger partial charge in [0.15, 0.2) is 17.3 Å². The third-order valence-electron chi connectivity index (χ3n) is 5.61. The molecule has 0 aliphatic heterocycles. The molecular formula is C29H28ClN3O5. The van der Waals surface area contributed by atoms with E-state index in [1.165, 1.54) is 13.3 Å². The summed E-state index contributed by atoms with van der Waals surface area (Å²) in [7, 11) is 1.51. The van der Waals surface area contributed by atoms with Crippen molar-refractivity contribution in [2.24, 2.45) is 5.10 Å². The molecular weight excluding hydrogens is 506 g/mol. The topological polar surface area (TPSA) is 87.2 Å². The smallest absolute Gasteiger partial charge is 0.307 e. The predicted molar refractivity (Wildman–Crippen MR) is 147 cm³/mol. The van der Waals surface area contributed by atoms with E-state index in [0.29, 0.717) is 33.6 Å². The molecule has 0 spiro atoms. The van der Waals surface area contributed by atoms with Crippen LogP contribution in [-0.2, 0) is 6.61 Å². The Morgan fingerprint density at radius 2 is 1.82 bits per heavy atom. The number of rotatable bonds is 11. The van der Waals surface area contributed by atoms with E-state index in [4.69, 9.17) is 30.2 Å². The van der Waals surface area contributed by atoms with Crippen LogP contribution in [-0.4, -0.2) is 30.4 Å². The maximum absolute atomic E-state index is 12.4. The minimum absolute atomic E-state index is 0.110. The molecule has 0 saturated heterocycles. The Morgan fingerprint density at radius 1 is 1.08 bits per heavy atom. The summed E-state index contributed by atoms with van der Waals surface area (Å²) >= 11 is 6.29. The van der Waals surface area contributed by atoms with Gasteiger partial charge in [0.1, 0.15) is 24.7 Å². The number of methoxy groups -OCH3 is 1. The third kappa shape index (κ3) is 6.27. The number of furan rings is 1. The lowest BCUT2D eigenvalue weighted by molar-refractivity contribution is 0.0923. The lowest BCUT2D eigenvalue weighted by Crippen LogP contribution is -2.16. The fourth-order valence-corrected chi connectivity index (χ4v) is 4.09. The van der Waals surface area contributed by atoms with E-state index in [-0.39, 0.29) is 19.0 Å². The number of carbonyl (C=O) groups is 1. The number of aromatic nitrogens is 1. The largest absolute Gasteiger partial charge is 0.493 e. The Morgan fingerprint density at radius 3 is 2.50 bits per heavy atom. The van der Waals surface area contributed by atoms with Gasteiger partial charge in [-0.05, 0) is 80.1 Å². The number of amides is 1. The van der Waals surface area contributed by atoms with Gasteiger partial charge < -0.3 is 23.2 Å². The van der Waals surface area contributed by atoms with Gasteiger partial charge >= 0.3 is 5.91 Å². The van der Waals surface area contributed by atoms with Crippen LogP contribution in [0.5, 0.6) is 17.2 Å². The number of nitrogens with zero attached hydrogens (tertiary/aromatic N) is 2. The molecule has 2 aromatic heterocycles. The van der Waals surface area contributed by atoms with Crippen molar-refractivity contribution in [1.29, 1.82) is 0 Å². The van der Waals surface area contributed by atoms with Crippen LogP contribution in [0.1, 0.15) is 33.3 Å². The first-order chi connectivity index (χ1) is 18.4.